The second-order valence-electron chi connectivity index (χ2n) is 3.10. The molecule has 3 heteroatoms. The van der Waals surface area contributed by atoms with E-state index in [4.69, 9.17) is 10.00 Å². The highest BCUT2D eigenvalue weighted by Gasteiger charge is 2.20. The summed E-state index contributed by atoms with van der Waals surface area (Å²) >= 11 is 0. The van der Waals surface area contributed by atoms with Gasteiger partial charge in [0.15, 0.2) is 6.19 Å². The van der Waals surface area contributed by atoms with E-state index in [2.05, 4.69) is 6.19 Å². The number of hydrogen-bond donors (Lipinski definition) is 0. The van der Waals surface area contributed by atoms with Crippen molar-refractivity contribution in [2.75, 3.05) is 19.8 Å². The lowest BCUT2D eigenvalue weighted by molar-refractivity contribution is 0.0726. The Kier molecular flexibility index (Phi) is 3.89. The van der Waals surface area contributed by atoms with Gasteiger partial charge in [0.25, 0.3) is 0 Å². The smallest absolute Gasteiger partial charge is 0.179 e. The van der Waals surface area contributed by atoms with Gasteiger partial charge in [-0.25, -0.2) is 0 Å². The Morgan fingerprint density at radius 1 is 1.58 bits per heavy atom. The van der Waals surface area contributed by atoms with Crippen molar-refractivity contribution in [2.24, 2.45) is 0 Å². The maximum absolute atomic E-state index is 8.78. The zero-order chi connectivity index (χ0) is 8.81. The lowest BCUT2D eigenvalue weighted by Crippen LogP contribution is -2.39. The first-order valence-corrected chi connectivity index (χ1v) is 4.62. The summed E-state index contributed by atoms with van der Waals surface area (Å²) in [6.45, 7) is 4.35. The molecule has 1 saturated heterocycles. The zero-order valence-corrected chi connectivity index (χ0v) is 7.62. The molecule has 1 aliphatic rings. The number of rotatable bonds is 3. The molecule has 1 unspecified atom stereocenters. The molecule has 12 heavy (non-hydrogen) atoms. The number of ether oxygens (including phenoxy) is 1. The molecule has 0 N–H and O–H groups in total. The van der Waals surface area contributed by atoms with Crippen molar-refractivity contribution in [3.05, 3.63) is 0 Å². The Morgan fingerprint density at radius 2 is 2.42 bits per heavy atom. The lowest BCUT2D eigenvalue weighted by Gasteiger charge is -2.30. The van der Waals surface area contributed by atoms with Gasteiger partial charge in [-0.1, -0.05) is 0 Å². The van der Waals surface area contributed by atoms with Crippen LogP contribution in [0.2, 0.25) is 0 Å². The van der Waals surface area contributed by atoms with E-state index in [0.29, 0.717) is 12.6 Å². The van der Waals surface area contributed by atoms with Crippen molar-refractivity contribution in [1.82, 2.24) is 4.90 Å². The van der Waals surface area contributed by atoms with Crippen molar-refractivity contribution in [3.8, 4) is 6.19 Å². The van der Waals surface area contributed by atoms with Gasteiger partial charge in [-0.2, -0.15) is 5.26 Å². The normalized spacial score (nSPS) is 23.7. The van der Waals surface area contributed by atoms with Gasteiger partial charge in [-0.05, 0) is 26.2 Å². The third-order valence-corrected chi connectivity index (χ3v) is 2.27. The van der Waals surface area contributed by atoms with Crippen LogP contribution < -0.4 is 0 Å². The average Bonchev–Trinajstić information content (AvgIpc) is 2.15. The monoisotopic (exact) mass is 168 g/mol. The fourth-order valence-corrected chi connectivity index (χ4v) is 1.56. The molecule has 1 heterocycles. The summed E-state index contributed by atoms with van der Waals surface area (Å²) in [5.41, 5.74) is 0. The summed E-state index contributed by atoms with van der Waals surface area (Å²) < 4.78 is 5.31. The van der Waals surface area contributed by atoms with Crippen LogP contribution in [0.25, 0.3) is 0 Å². The van der Waals surface area contributed by atoms with Crippen molar-refractivity contribution in [2.45, 2.75) is 32.2 Å². The molecule has 1 aliphatic heterocycles. The number of nitrogens with zero attached hydrogens (tertiary/aromatic N) is 2. The quantitative estimate of drug-likeness (QED) is 0.597. The maximum atomic E-state index is 8.78. The van der Waals surface area contributed by atoms with Gasteiger partial charge in [0.1, 0.15) is 0 Å². The first-order chi connectivity index (χ1) is 5.88. The van der Waals surface area contributed by atoms with Crippen LogP contribution in [0.1, 0.15) is 26.2 Å². The van der Waals surface area contributed by atoms with Crippen LogP contribution in [-0.2, 0) is 4.74 Å². The summed E-state index contributed by atoms with van der Waals surface area (Å²) in [5, 5.41) is 8.78. The molecule has 0 aromatic heterocycles. The number of likely N-dealkylation sites (tertiary alicyclic amines) is 1. The second kappa shape index (κ2) is 5.00. The van der Waals surface area contributed by atoms with Crippen LogP contribution in [0.4, 0.5) is 0 Å². The van der Waals surface area contributed by atoms with Gasteiger partial charge in [0, 0.05) is 13.2 Å². The fraction of sp³-hybridized carbons (Fsp3) is 0.889. The molecule has 3 nitrogen and oxygen atoms in total. The minimum absolute atomic E-state index is 0.337. The number of hydrogen-bond acceptors (Lipinski definition) is 3. The van der Waals surface area contributed by atoms with E-state index in [1.807, 2.05) is 11.8 Å². The predicted molar refractivity (Wildman–Crippen MR) is 46.5 cm³/mol. The van der Waals surface area contributed by atoms with Crippen LogP contribution in [0.5, 0.6) is 0 Å². The lowest BCUT2D eigenvalue weighted by atomic mass is 10.0. The summed E-state index contributed by atoms with van der Waals surface area (Å²) in [4.78, 5) is 1.85. The summed E-state index contributed by atoms with van der Waals surface area (Å²) in [6, 6.07) is 0.337. The van der Waals surface area contributed by atoms with E-state index >= 15 is 0 Å². The Labute approximate surface area is 73.9 Å². The number of piperidine rings is 1. The molecule has 0 aliphatic carbocycles. The number of nitriles is 1. The summed E-state index contributed by atoms with van der Waals surface area (Å²) in [6.07, 6.45) is 5.70. The van der Waals surface area contributed by atoms with Gasteiger partial charge >= 0.3 is 0 Å². The van der Waals surface area contributed by atoms with Crippen LogP contribution in [-0.4, -0.2) is 30.7 Å². The standard InChI is InChI=1S/C9H16N2O/c1-2-12-7-9-5-3-4-6-11(9)8-10/h9H,2-7H2,1H3. The predicted octanol–water partition coefficient (Wildman–Crippen LogP) is 1.36. The van der Waals surface area contributed by atoms with Crippen LogP contribution in [0.15, 0.2) is 0 Å². The van der Waals surface area contributed by atoms with E-state index in [1.54, 1.807) is 0 Å². The highest BCUT2D eigenvalue weighted by Crippen LogP contribution is 2.15. The minimum atomic E-state index is 0.337. The molecule has 0 bridgehead atoms. The molecule has 0 amide bonds. The van der Waals surface area contributed by atoms with Crippen LogP contribution in [0.3, 0.4) is 0 Å². The van der Waals surface area contributed by atoms with E-state index < -0.39 is 0 Å². The highest BCUT2D eigenvalue weighted by atomic mass is 16.5. The maximum Gasteiger partial charge on any atom is 0.179 e. The van der Waals surface area contributed by atoms with Crippen molar-refractivity contribution in [1.29, 1.82) is 5.26 Å². The first-order valence-electron chi connectivity index (χ1n) is 4.62. The van der Waals surface area contributed by atoms with Gasteiger partial charge < -0.3 is 9.64 Å². The molecule has 1 fully saturated rings. The van der Waals surface area contributed by atoms with Gasteiger partial charge in [0.05, 0.1) is 12.6 Å². The Morgan fingerprint density at radius 3 is 3.08 bits per heavy atom. The Bertz CT molecular complexity index is 164. The Balaban J connectivity index is 2.32. The third kappa shape index (κ3) is 2.38. The molecule has 1 atom stereocenters. The molecule has 0 spiro atoms. The van der Waals surface area contributed by atoms with Gasteiger partial charge in [-0.3, -0.25) is 0 Å². The third-order valence-electron chi connectivity index (χ3n) is 2.27. The zero-order valence-electron chi connectivity index (χ0n) is 7.62. The first kappa shape index (κ1) is 9.34. The minimum Gasteiger partial charge on any atom is -0.380 e. The average molecular weight is 168 g/mol. The van der Waals surface area contributed by atoms with E-state index in [0.717, 1.165) is 26.0 Å². The molecule has 0 aromatic carbocycles. The molecular weight excluding hydrogens is 152 g/mol. The molecule has 68 valence electrons. The SMILES string of the molecule is CCOCC1CCCCN1C#N. The topological polar surface area (TPSA) is 36.3 Å². The second-order valence-corrected chi connectivity index (χ2v) is 3.10. The van der Waals surface area contributed by atoms with Crippen molar-refractivity contribution < 1.29 is 4.74 Å². The largest absolute Gasteiger partial charge is 0.380 e. The summed E-state index contributed by atoms with van der Waals surface area (Å²) in [7, 11) is 0. The van der Waals surface area contributed by atoms with Crippen LogP contribution >= 0.6 is 0 Å². The Hall–Kier alpha value is -0.750. The van der Waals surface area contributed by atoms with E-state index in [-0.39, 0.29) is 0 Å². The molecule has 0 saturated carbocycles. The molecule has 0 radical (unpaired) electrons. The van der Waals surface area contributed by atoms with Crippen molar-refractivity contribution >= 4 is 0 Å². The van der Waals surface area contributed by atoms with Gasteiger partial charge in [0.2, 0.25) is 0 Å². The van der Waals surface area contributed by atoms with Crippen molar-refractivity contribution in [3.63, 3.8) is 0 Å². The molecular formula is C9H16N2O. The van der Waals surface area contributed by atoms with Crippen LogP contribution in [0, 0.1) is 11.5 Å². The fourth-order valence-electron chi connectivity index (χ4n) is 1.56. The van der Waals surface area contributed by atoms with E-state index in [1.165, 1.54) is 6.42 Å². The highest BCUT2D eigenvalue weighted by molar-refractivity contribution is 4.85. The summed E-state index contributed by atoms with van der Waals surface area (Å²) in [5.74, 6) is 0. The van der Waals surface area contributed by atoms with Gasteiger partial charge in [-0.15, -0.1) is 0 Å². The molecule has 0 aromatic rings. The van der Waals surface area contributed by atoms with E-state index in [9.17, 15) is 0 Å². The molecule has 1 rings (SSSR count).